The van der Waals surface area contributed by atoms with Crippen molar-refractivity contribution >= 4 is 27.1 Å². The predicted octanol–water partition coefficient (Wildman–Crippen LogP) is 2.99. The first-order chi connectivity index (χ1) is 6.83. The molecule has 0 radical (unpaired) electrons. The van der Waals surface area contributed by atoms with Gasteiger partial charge in [0.25, 0.3) is 0 Å². The van der Waals surface area contributed by atoms with Gasteiger partial charge in [-0.2, -0.15) is 0 Å². The summed E-state index contributed by atoms with van der Waals surface area (Å²) in [4.78, 5) is 12.1. The highest BCUT2D eigenvalue weighted by atomic mass is 79.9. The van der Waals surface area contributed by atoms with Gasteiger partial charge in [0.05, 0.1) is 5.52 Å². The number of pyridine rings is 1. The second kappa shape index (κ2) is 3.05. The van der Waals surface area contributed by atoms with Crippen LogP contribution in [0.2, 0.25) is 0 Å². The van der Waals surface area contributed by atoms with Crippen molar-refractivity contribution in [2.45, 2.75) is 25.2 Å². The van der Waals surface area contributed by atoms with Crippen molar-refractivity contribution in [1.82, 2.24) is 15.0 Å². The molecule has 3 nitrogen and oxygen atoms in total. The van der Waals surface area contributed by atoms with Crippen LogP contribution in [0.1, 0.15) is 31.0 Å². The lowest BCUT2D eigenvalue weighted by Crippen LogP contribution is -2.10. The first-order valence-electron chi connectivity index (χ1n) is 4.85. The fourth-order valence-electron chi connectivity index (χ4n) is 1.76. The number of imidazole rings is 1. The molecule has 0 unspecified atom stereocenters. The SMILES string of the molecule is Brc1ccc2[nH]c(C3CCC3)nc2n1. The van der Waals surface area contributed by atoms with E-state index in [0.717, 1.165) is 21.6 Å². The molecule has 0 amide bonds. The molecule has 0 spiro atoms. The molecule has 2 aromatic heterocycles. The Hall–Kier alpha value is -0.900. The van der Waals surface area contributed by atoms with Gasteiger partial charge in [-0.1, -0.05) is 6.42 Å². The third-order valence-corrected chi connectivity index (χ3v) is 3.26. The summed E-state index contributed by atoms with van der Waals surface area (Å²) in [6, 6.07) is 3.95. The topological polar surface area (TPSA) is 41.6 Å². The lowest BCUT2D eigenvalue weighted by atomic mass is 9.85. The maximum Gasteiger partial charge on any atom is 0.178 e. The zero-order valence-electron chi connectivity index (χ0n) is 7.63. The predicted molar refractivity (Wildman–Crippen MR) is 58.2 cm³/mol. The number of nitrogens with zero attached hydrogens (tertiary/aromatic N) is 2. The van der Waals surface area contributed by atoms with Gasteiger partial charge >= 0.3 is 0 Å². The van der Waals surface area contributed by atoms with E-state index in [1.807, 2.05) is 12.1 Å². The number of hydrogen-bond donors (Lipinski definition) is 1. The van der Waals surface area contributed by atoms with Crippen molar-refractivity contribution in [3.63, 3.8) is 0 Å². The Morgan fingerprint density at radius 2 is 2.14 bits per heavy atom. The summed E-state index contributed by atoms with van der Waals surface area (Å²) < 4.78 is 0.844. The summed E-state index contributed by atoms with van der Waals surface area (Å²) in [6.45, 7) is 0. The molecular formula is C10H10BrN3. The fourth-order valence-corrected chi connectivity index (χ4v) is 2.06. The fraction of sp³-hybridized carbons (Fsp3) is 0.400. The van der Waals surface area contributed by atoms with Crippen LogP contribution in [0.25, 0.3) is 11.2 Å². The standard InChI is InChI=1S/C10H10BrN3/c11-8-5-4-7-10(13-8)14-9(12-7)6-2-1-3-6/h4-6H,1-3H2,(H,12,13,14). The largest absolute Gasteiger partial charge is 0.340 e. The van der Waals surface area contributed by atoms with Crippen molar-refractivity contribution in [1.29, 1.82) is 0 Å². The molecule has 4 heteroatoms. The molecule has 0 saturated heterocycles. The molecule has 2 heterocycles. The van der Waals surface area contributed by atoms with Crippen molar-refractivity contribution in [2.75, 3.05) is 0 Å². The lowest BCUT2D eigenvalue weighted by Gasteiger charge is -2.22. The number of H-pyrrole nitrogens is 1. The molecule has 0 atom stereocenters. The number of nitrogens with one attached hydrogen (secondary N) is 1. The van der Waals surface area contributed by atoms with Crippen molar-refractivity contribution in [2.24, 2.45) is 0 Å². The van der Waals surface area contributed by atoms with Crippen LogP contribution in [-0.2, 0) is 0 Å². The highest BCUT2D eigenvalue weighted by Gasteiger charge is 2.22. The molecule has 1 aliphatic carbocycles. The van der Waals surface area contributed by atoms with Gasteiger partial charge in [-0.3, -0.25) is 0 Å². The number of hydrogen-bond acceptors (Lipinski definition) is 2. The summed E-state index contributed by atoms with van der Waals surface area (Å²) in [5, 5.41) is 0. The summed E-state index contributed by atoms with van der Waals surface area (Å²) in [6.07, 6.45) is 3.86. The van der Waals surface area contributed by atoms with Gasteiger partial charge in [-0.15, -0.1) is 0 Å². The highest BCUT2D eigenvalue weighted by molar-refractivity contribution is 9.10. The van der Waals surface area contributed by atoms with Crippen molar-refractivity contribution in [3.05, 3.63) is 22.6 Å². The van der Waals surface area contributed by atoms with Crippen LogP contribution in [0, 0.1) is 0 Å². The Morgan fingerprint density at radius 1 is 1.29 bits per heavy atom. The minimum Gasteiger partial charge on any atom is -0.340 e. The Kier molecular flexibility index (Phi) is 1.83. The van der Waals surface area contributed by atoms with E-state index in [9.17, 15) is 0 Å². The molecule has 1 saturated carbocycles. The molecule has 0 aliphatic heterocycles. The van der Waals surface area contributed by atoms with E-state index in [4.69, 9.17) is 0 Å². The number of aromatic nitrogens is 3. The molecule has 1 fully saturated rings. The normalized spacial score (nSPS) is 17.2. The van der Waals surface area contributed by atoms with E-state index >= 15 is 0 Å². The minimum absolute atomic E-state index is 0.642. The first-order valence-corrected chi connectivity index (χ1v) is 5.64. The summed E-state index contributed by atoms with van der Waals surface area (Å²) >= 11 is 3.34. The van der Waals surface area contributed by atoms with Gasteiger partial charge in [0, 0.05) is 5.92 Å². The third-order valence-electron chi connectivity index (χ3n) is 2.82. The van der Waals surface area contributed by atoms with E-state index in [1.165, 1.54) is 19.3 Å². The van der Waals surface area contributed by atoms with E-state index < -0.39 is 0 Å². The molecule has 3 rings (SSSR count). The molecule has 0 aromatic carbocycles. The Balaban J connectivity index is 2.10. The zero-order valence-corrected chi connectivity index (χ0v) is 9.21. The van der Waals surface area contributed by atoms with E-state index in [-0.39, 0.29) is 0 Å². The number of rotatable bonds is 1. The average Bonchev–Trinajstić information content (AvgIpc) is 2.43. The second-order valence-electron chi connectivity index (χ2n) is 3.76. The molecule has 1 N–H and O–H groups in total. The number of fused-ring (bicyclic) bond motifs is 1. The maximum atomic E-state index is 4.50. The first kappa shape index (κ1) is 8.41. The van der Waals surface area contributed by atoms with Gasteiger partial charge in [-0.05, 0) is 40.9 Å². The Morgan fingerprint density at radius 3 is 2.86 bits per heavy atom. The van der Waals surface area contributed by atoms with E-state index in [2.05, 4.69) is 30.9 Å². The van der Waals surface area contributed by atoms with Crippen molar-refractivity contribution < 1.29 is 0 Å². The van der Waals surface area contributed by atoms with Gasteiger partial charge in [0.15, 0.2) is 5.65 Å². The highest BCUT2D eigenvalue weighted by Crippen LogP contribution is 2.35. The van der Waals surface area contributed by atoms with E-state index in [0.29, 0.717) is 5.92 Å². The summed E-state index contributed by atoms with van der Waals surface area (Å²) in [5.41, 5.74) is 1.86. The minimum atomic E-state index is 0.642. The second-order valence-corrected chi connectivity index (χ2v) is 4.57. The Labute approximate surface area is 90.1 Å². The van der Waals surface area contributed by atoms with Crippen LogP contribution in [0.4, 0.5) is 0 Å². The van der Waals surface area contributed by atoms with Crippen LogP contribution in [0.3, 0.4) is 0 Å². The number of aromatic amines is 1. The molecule has 1 aliphatic rings. The third kappa shape index (κ3) is 1.25. The molecular weight excluding hydrogens is 242 g/mol. The quantitative estimate of drug-likeness (QED) is 0.792. The van der Waals surface area contributed by atoms with Gasteiger partial charge in [0.2, 0.25) is 0 Å². The van der Waals surface area contributed by atoms with Crippen LogP contribution in [0.5, 0.6) is 0 Å². The maximum absolute atomic E-state index is 4.50. The van der Waals surface area contributed by atoms with Crippen LogP contribution >= 0.6 is 15.9 Å². The van der Waals surface area contributed by atoms with Crippen LogP contribution in [0.15, 0.2) is 16.7 Å². The molecule has 72 valence electrons. The van der Waals surface area contributed by atoms with E-state index in [1.54, 1.807) is 0 Å². The Bertz CT molecular complexity index is 473. The zero-order chi connectivity index (χ0) is 9.54. The number of halogens is 1. The van der Waals surface area contributed by atoms with Crippen molar-refractivity contribution in [3.8, 4) is 0 Å². The monoisotopic (exact) mass is 251 g/mol. The smallest absolute Gasteiger partial charge is 0.178 e. The van der Waals surface area contributed by atoms with Gasteiger partial charge in [0.1, 0.15) is 10.4 Å². The van der Waals surface area contributed by atoms with Gasteiger partial charge in [-0.25, -0.2) is 9.97 Å². The van der Waals surface area contributed by atoms with Gasteiger partial charge < -0.3 is 4.98 Å². The van der Waals surface area contributed by atoms with Crippen LogP contribution in [-0.4, -0.2) is 15.0 Å². The summed E-state index contributed by atoms with van der Waals surface area (Å²) in [7, 11) is 0. The average molecular weight is 252 g/mol. The van der Waals surface area contributed by atoms with Crippen LogP contribution < -0.4 is 0 Å². The summed E-state index contributed by atoms with van der Waals surface area (Å²) in [5.74, 6) is 1.75. The molecule has 2 aromatic rings. The molecule has 14 heavy (non-hydrogen) atoms. The lowest BCUT2D eigenvalue weighted by molar-refractivity contribution is 0.404. The molecule has 0 bridgehead atoms.